The average Bonchev–Trinajstić information content (AvgIpc) is 2.87. The number of sulfonamides is 1. The molecule has 0 spiro atoms. The minimum Gasteiger partial charge on any atom is -0.486 e. The molecule has 39 heavy (non-hydrogen) atoms. The highest BCUT2D eigenvalue weighted by atomic mass is 32.2. The first kappa shape index (κ1) is 30.7. The van der Waals surface area contributed by atoms with Gasteiger partial charge >= 0.3 is 24.2 Å². The van der Waals surface area contributed by atoms with Gasteiger partial charge in [0.25, 0.3) is 0 Å². The summed E-state index contributed by atoms with van der Waals surface area (Å²) in [6, 6.07) is 3.59. The van der Waals surface area contributed by atoms with E-state index in [-0.39, 0.29) is 50.0 Å². The van der Waals surface area contributed by atoms with Crippen LogP contribution in [0.1, 0.15) is 25.7 Å². The van der Waals surface area contributed by atoms with E-state index in [1.54, 1.807) is 0 Å². The van der Waals surface area contributed by atoms with E-state index in [9.17, 15) is 44.3 Å². The van der Waals surface area contributed by atoms with Crippen molar-refractivity contribution in [1.29, 1.82) is 0 Å². The Balaban J connectivity index is 0.000000272. The number of nitrogens with zero attached hydrogens (tertiary/aromatic N) is 2. The molecule has 3 N–H and O–H groups in total. The van der Waals surface area contributed by atoms with E-state index < -0.39 is 40.2 Å². The zero-order chi connectivity index (χ0) is 29.0. The molecular formula is C22H28F6N4O6S. The summed E-state index contributed by atoms with van der Waals surface area (Å²) in [7, 11) is -3.87. The second-order valence-corrected chi connectivity index (χ2v) is 10.8. The van der Waals surface area contributed by atoms with E-state index in [4.69, 9.17) is 15.2 Å². The van der Waals surface area contributed by atoms with Crippen LogP contribution < -0.4 is 19.9 Å². The van der Waals surface area contributed by atoms with Gasteiger partial charge < -0.3 is 25.0 Å². The number of ether oxygens (including phenoxy) is 2. The fourth-order valence-electron chi connectivity index (χ4n) is 4.14. The Morgan fingerprint density at radius 3 is 1.77 bits per heavy atom. The van der Waals surface area contributed by atoms with E-state index in [2.05, 4.69) is 4.72 Å². The molecule has 0 atom stereocenters. The summed E-state index contributed by atoms with van der Waals surface area (Å²) in [5.41, 5.74) is 5.49. The van der Waals surface area contributed by atoms with Gasteiger partial charge in [-0.2, -0.15) is 26.3 Å². The van der Waals surface area contributed by atoms with Gasteiger partial charge in [-0.05, 0) is 37.8 Å². The molecule has 3 aliphatic heterocycles. The molecule has 0 unspecified atom stereocenters. The number of alkyl halides is 6. The number of hydrogen-bond donors (Lipinski definition) is 2. The number of nitrogens with one attached hydrogen (secondary N) is 1. The Kier molecular flexibility index (Phi) is 9.59. The van der Waals surface area contributed by atoms with Gasteiger partial charge in [0.15, 0.2) is 11.5 Å². The van der Waals surface area contributed by atoms with E-state index in [1.807, 2.05) is 0 Å². The number of carbonyl (C=O) groups is 2. The standard InChI is InChI=1S/C15H17F3N2O5S.C7H11F3N2O/c16-15(17,18)14(21)20-5-3-10(4-6-20)19-26(22,23)11-1-2-12-13(9-11)25-8-7-24-12;8-7(9,10)6(13)12-3-1-5(11)2-4-12/h1-2,9-10,19H,3-8H2;5H,1-4,11H2. The molecule has 0 saturated carbocycles. The summed E-state index contributed by atoms with van der Waals surface area (Å²) in [5.74, 6) is -2.87. The molecule has 4 rings (SSSR count). The third-order valence-corrected chi connectivity index (χ3v) is 7.76. The van der Waals surface area contributed by atoms with Crippen LogP contribution in [0.2, 0.25) is 0 Å². The van der Waals surface area contributed by atoms with Crippen molar-refractivity contribution >= 4 is 21.8 Å². The lowest BCUT2D eigenvalue weighted by atomic mass is 10.1. The zero-order valence-corrected chi connectivity index (χ0v) is 21.4. The molecule has 0 bridgehead atoms. The van der Waals surface area contributed by atoms with E-state index >= 15 is 0 Å². The smallest absolute Gasteiger partial charge is 0.471 e. The quantitative estimate of drug-likeness (QED) is 0.514. The summed E-state index contributed by atoms with van der Waals surface area (Å²) < 4.78 is 111. The van der Waals surface area contributed by atoms with Crippen molar-refractivity contribution in [3.05, 3.63) is 18.2 Å². The first-order chi connectivity index (χ1) is 18.1. The summed E-state index contributed by atoms with van der Waals surface area (Å²) in [6.45, 7) is 0.598. The Labute approximate surface area is 220 Å². The molecule has 0 aliphatic carbocycles. The Hall–Kier alpha value is -2.79. The highest BCUT2D eigenvalue weighted by molar-refractivity contribution is 7.89. The predicted molar refractivity (Wildman–Crippen MR) is 123 cm³/mol. The summed E-state index contributed by atoms with van der Waals surface area (Å²) in [6.07, 6.45) is -8.57. The van der Waals surface area contributed by atoms with Gasteiger partial charge in [0, 0.05) is 44.3 Å². The Morgan fingerprint density at radius 1 is 0.821 bits per heavy atom. The van der Waals surface area contributed by atoms with Gasteiger partial charge in [-0.15, -0.1) is 0 Å². The molecule has 1 aromatic rings. The number of carbonyl (C=O) groups excluding carboxylic acids is 2. The van der Waals surface area contributed by atoms with Gasteiger partial charge in [-0.1, -0.05) is 0 Å². The zero-order valence-electron chi connectivity index (χ0n) is 20.6. The van der Waals surface area contributed by atoms with Gasteiger partial charge in [0.1, 0.15) is 13.2 Å². The molecule has 0 radical (unpaired) electrons. The normalized spacial score (nSPS) is 19.3. The number of fused-ring (bicyclic) bond motifs is 1. The highest BCUT2D eigenvalue weighted by Gasteiger charge is 2.44. The largest absolute Gasteiger partial charge is 0.486 e. The predicted octanol–water partition coefficient (Wildman–Crippen LogP) is 1.79. The monoisotopic (exact) mass is 590 g/mol. The van der Waals surface area contributed by atoms with Crippen molar-refractivity contribution in [2.45, 2.75) is 55.0 Å². The van der Waals surface area contributed by atoms with Crippen LogP contribution in [0.25, 0.3) is 0 Å². The van der Waals surface area contributed by atoms with Crippen LogP contribution in [0.4, 0.5) is 26.3 Å². The maximum atomic E-state index is 12.5. The van der Waals surface area contributed by atoms with Crippen molar-refractivity contribution in [2.24, 2.45) is 5.73 Å². The molecule has 220 valence electrons. The average molecular weight is 591 g/mol. The lowest BCUT2D eigenvalue weighted by Crippen LogP contribution is -2.49. The van der Waals surface area contributed by atoms with Crippen molar-refractivity contribution in [3.63, 3.8) is 0 Å². The number of rotatable bonds is 3. The lowest BCUT2D eigenvalue weighted by Gasteiger charge is -2.32. The Morgan fingerprint density at radius 2 is 1.28 bits per heavy atom. The van der Waals surface area contributed by atoms with Crippen molar-refractivity contribution in [3.8, 4) is 11.5 Å². The molecule has 2 fully saturated rings. The maximum Gasteiger partial charge on any atom is 0.471 e. The van der Waals surface area contributed by atoms with Gasteiger partial charge in [0.05, 0.1) is 4.90 Å². The van der Waals surface area contributed by atoms with Crippen molar-refractivity contribution in [2.75, 3.05) is 39.4 Å². The molecule has 17 heteroatoms. The fraction of sp³-hybridized carbons (Fsp3) is 0.636. The van der Waals surface area contributed by atoms with Crippen molar-refractivity contribution < 1.29 is 53.8 Å². The van der Waals surface area contributed by atoms with Crippen LogP contribution in [-0.2, 0) is 19.6 Å². The number of benzene rings is 1. The number of amides is 2. The third-order valence-electron chi connectivity index (χ3n) is 6.24. The fourth-order valence-corrected chi connectivity index (χ4v) is 5.46. The first-order valence-electron chi connectivity index (χ1n) is 12.0. The van der Waals surface area contributed by atoms with Crippen LogP contribution in [0.15, 0.2) is 23.1 Å². The van der Waals surface area contributed by atoms with Crippen LogP contribution in [-0.4, -0.2) is 93.9 Å². The number of halogens is 6. The van der Waals surface area contributed by atoms with Crippen LogP contribution in [0, 0.1) is 0 Å². The van der Waals surface area contributed by atoms with Gasteiger partial charge in [0.2, 0.25) is 10.0 Å². The van der Waals surface area contributed by atoms with Gasteiger partial charge in [-0.25, -0.2) is 13.1 Å². The molecule has 3 aliphatic rings. The molecule has 3 heterocycles. The van der Waals surface area contributed by atoms with Crippen LogP contribution in [0.3, 0.4) is 0 Å². The third kappa shape index (κ3) is 8.35. The second kappa shape index (κ2) is 12.2. The van der Waals surface area contributed by atoms with Crippen LogP contribution in [0.5, 0.6) is 11.5 Å². The molecule has 2 amide bonds. The lowest BCUT2D eigenvalue weighted by molar-refractivity contribution is -0.186. The first-order valence-corrected chi connectivity index (χ1v) is 13.5. The Bertz CT molecular complexity index is 1130. The minimum atomic E-state index is -4.92. The summed E-state index contributed by atoms with van der Waals surface area (Å²) >= 11 is 0. The van der Waals surface area contributed by atoms with Crippen molar-refractivity contribution in [1.82, 2.24) is 14.5 Å². The molecule has 0 aromatic heterocycles. The molecule has 1 aromatic carbocycles. The maximum absolute atomic E-state index is 12.5. The molecular weight excluding hydrogens is 562 g/mol. The van der Waals surface area contributed by atoms with E-state index in [1.165, 1.54) is 18.2 Å². The minimum absolute atomic E-state index is 0.0180. The van der Waals surface area contributed by atoms with E-state index in [0.717, 1.165) is 4.90 Å². The molecule has 2 saturated heterocycles. The number of likely N-dealkylation sites (tertiary alicyclic amines) is 2. The SMILES string of the molecule is NC1CCN(C(=O)C(F)(F)F)CC1.O=C(N1CCC(NS(=O)(=O)c2ccc3c(c2)OCCO3)CC1)C(F)(F)F. The van der Waals surface area contributed by atoms with Gasteiger partial charge in [-0.3, -0.25) is 9.59 Å². The molecule has 10 nitrogen and oxygen atoms in total. The summed E-state index contributed by atoms with van der Waals surface area (Å²) in [4.78, 5) is 23.4. The second-order valence-electron chi connectivity index (χ2n) is 9.12. The number of nitrogens with two attached hydrogens (primary N) is 1. The number of hydrogen-bond acceptors (Lipinski definition) is 7. The number of piperidine rings is 2. The van der Waals surface area contributed by atoms with Crippen LogP contribution >= 0.6 is 0 Å². The highest BCUT2D eigenvalue weighted by Crippen LogP contribution is 2.32. The summed E-state index contributed by atoms with van der Waals surface area (Å²) in [5, 5.41) is 0. The van der Waals surface area contributed by atoms with E-state index in [0.29, 0.717) is 42.5 Å². The topological polar surface area (TPSA) is 131 Å².